The Hall–Kier alpha value is -1.47. The monoisotopic (exact) mass is 273 g/mol. The first kappa shape index (κ1) is 12.6. The number of nitrogens with one attached hydrogen (secondary N) is 1. The molecule has 0 aliphatic heterocycles. The zero-order chi connectivity index (χ0) is 12.1. The van der Waals surface area contributed by atoms with Gasteiger partial charge in [-0.3, -0.25) is 0 Å². The molecule has 82 valence electrons. The van der Waals surface area contributed by atoms with Crippen molar-refractivity contribution in [1.82, 2.24) is 10.3 Å². The van der Waals surface area contributed by atoms with Crippen molar-refractivity contribution >= 4 is 34.5 Å². The predicted molar refractivity (Wildman–Crippen MR) is 61.4 cm³/mol. The van der Waals surface area contributed by atoms with Crippen LogP contribution in [0.1, 0.15) is 4.88 Å². The van der Waals surface area contributed by atoms with E-state index in [1.54, 1.807) is 12.1 Å². The van der Waals surface area contributed by atoms with Gasteiger partial charge < -0.3 is 11.1 Å². The molecule has 5 nitrogen and oxygen atoms in total. The van der Waals surface area contributed by atoms with Crippen LogP contribution in [0.25, 0.3) is 0 Å². The molecule has 1 aromatic rings. The summed E-state index contributed by atoms with van der Waals surface area (Å²) in [5.74, 6) is 0. The van der Waals surface area contributed by atoms with Crippen molar-refractivity contribution in [2.45, 2.75) is 6.54 Å². The van der Waals surface area contributed by atoms with Crippen LogP contribution in [0.4, 0.5) is 0 Å². The largest absolute Gasteiger partial charge is 0.388 e. The van der Waals surface area contributed by atoms with Crippen LogP contribution in [0.2, 0.25) is 9.62 Å². The molecule has 16 heavy (non-hydrogen) atoms. The minimum absolute atomic E-state index is 0.00286. The van der Waals surface area contributed by atoms with E-state index in [0.29, 0.717) is 9.34 Å². The first-order valence-corrected chi connectivity index (χ1v) is 5.50. The minimum atomic E-state index is -0.172. The van der Waals surface area contributed by atoms with Crippen molar-refractivity contribution in [3.63, 3.8) is 0 Å². The van der Waals surface area contributed by atoms with Gasteiger partial charge in [0.1, 0.15) is 28.7 Å². The van der Waals surface area contributed by atoms with Gasteiger partial charge in [-0.25, -0.2) is 4.98 Å². The van der Waals surface area contributed by atoms with Gasteiger partial charge in [-0.2, -0.15) is 10.5 Å². The fraction of sp³-hybridized carbons (Fsp3) is 0.125. The Morgan fingerprint density at radius 3 is 2.56 bits per heavy atom. The van der Waals surface area contributed by atoms with E-state index in [1.807, 2.05) is 0 Å². The Kier molecular flexibility index (Phi) is 4.39. The molecule has 0 unspecified atom stereocenters. The highest BCUT2D eigenvalue weighted by Crippen LogP contribution is 2.26. The number of nitrogens with zero attached hydrogens (tertiary/aromatic N) is 3. The number of thiazole rings is 1. The van der Waals surface area contributed by atoms with Crippen LogP contribution in [0, 0.1) is 22.7 Å². The van der Waals surface area contributed by atoms with E-state index in [4.69, 9.17) is 39.5 Å². The highest BCUT2D eigenvalue weighted by atomic mass is 35.5. The zero-order valence-electron chi connectivity index (χ0n) is 7.79. The average molecular weight is 274 g/mol. The topological polar surface area (TPSA) is 98.5 Å². The molecule has 0 bridgehead atoms. The third-order valence-corrected chi connectivity index (χ3v) is 3.14. The Bertz CT molecular complexity index is 507. The zero-order valence-corrected chi connectivity index (χ0v) is 10.1. The van der Waals surface area contributed by atoms with Gasteiger partial charge in [-0.1, -0.05) is 23.2 Å². The number of hydrogen-bond donors (Lipinski definition) is 2. The summed E-state index contributed by atoms with van der Waals surface area (Å²) in [6.45, 7) is 0.245. The maximum atomic E-state index is 8.71. The van der Waals surface area contributed by atoms with Gasteiger partial charge in [0.15, 0.2) is 4.47 Å². The van der Waals surface area contributed by atoms with E-state index in [9.17, 15) is 0 Å². The van der Waals surface area contributed by atoms with Gasteiger partial charge in [-0.05, 0) is 0 Å². The molecule has 3 N–H and O–H groups in total. The fourth-order valence-electron chi connectivity index (χ4n) is 0.835. The second kappa shape index (κ2) is 5.57. The van der Waals surface area contributed by atoms with Crippen molar-refractivity contribution < 1.29 is 0 Å². The summed E-state index contributed by atoms with van der Waals surface area (Å²) in [7, 11) is 0. The van der Waals surface area contributed by atoms with Crippen LogP contribution in [0.3, 0.4) is 0 Å². The van der Waals surface area contributed by atoms with E-state index >= 15 is 0 Å². The number of rotatable bonds is 3. The summed E-state index contributed by atoms with van der Waals surface area (Å²) >= 11 is 12.6. The van der Waals surface area contributed by atoms with Crippen molar-refractivity contribution in [2.24, 2.45) is 5.73 Å². The molecule has 0 saturated carbocycles. The summed E-state index contributed by atoms with van der Waals surface area (Å²) in [5.41, 5.74) is 5.13. The Morgan fingerprint density at radius 2 is 2.12 bits per heavy atom. The first-order chi connectivity index (χ1) is 7.58. The molecule has 1 heterocycles. The van der Waals surface area contributed by atoms with E-state index in [0.717, 1.165) is 0 Å². The van der Waals surface area contributed by atoms with E-state index < -0.39 is 0 Å². The van der Waals surface area contributed by atoms with E-state index in [-0.39, 0.29) is 23.1 Å². The van der Waals surface area contributed by atoms with Crippen molar-refractivity contribution in [2.75, 3.05) is 0 Å². The number of allylic oxidation sites excluding steroid dienone is 2. The second-order valence-corrected chi connectivity index (χ2v) is 4.57. The highest BCUT2D eigenvalue weighted by molar-refractivity contribution is 7.16. The quantitative estimate of drug-likeness (QED) is 0.818. The molecule has 0 saturated heterocycles. The standard InChI is InChI=1S/C8H5Cl2N5S/c9-7-6(16-8(10)15-7)3-14-5(2-12)4(13)1-11/h14H,3,13H2. The Labute approximate surface area is 106 Å². The van der Waals surface area contributed by atoms with Crippen LogP contribution >= 0.6 is 34.5 Å². The van der Waals surface area contributed by atoms with Crippen LogP contribution in [-0.4, -0.2) is 4.98 Å². The molecule has 0 atom stereocenters. The average Bonchev–Trinajstić information content (AvgIpc) is 2.58. The fourth-order valence-corrected chi connectivity index (χ4v) is 2.17. The Balaban J connectivity index is 2.76. The summed E-state index contributed by atoms with van der Waals surface area (Å²) in [6, 6.07) is 3.45. The van der Waals surface area contributed by atoms with Gasteiger partial charge in [0.25, 0.3) is 0 Å². The molecule has 0 spiro atoms. The van der Waals surface area contributed by atoms with Crippen molar-refractivity contribution in [3.05, 3.63) is 25.9 Å². The summed E-state index contributed by atoms with van der Waals surface area (Å²) in [6.07, 6.45) is 0. The molecular weight excluding hydrogens is 269 g/mol. The van der Waals surface area contributed by atoms with Gasteiger partial charge in [-0.15, -0.1) is 11.3 Å². The van der Waals surface area contributed by atoms with E-state index in [2.05, 4.69) is 10.3 Å². The van der Waals surface area contributed by atoms with E-state index in [1.165, 1.54) is 11.3 Å². The molecule has 0 aliphatic carbocycles. The Morgan fingerprint density at radius 1 is 1.44 bits per heavy atom. The maximum Gasteiger partial charge on any atom is 0.185 e. The number of hydrogen-bond acceptors (Lipinski definition) is 6. The lowest BCUT2D eigenvalue weighted by Gasteiger charge is -2.02. The normalized spacial score (nSPS) is 11.2. The molecule has 1 aromatic heterocycles. The SMILES string of the molecule is N#CC(N)=C(C#N)NCc1sc(Cl)nc1Cl. The third kappa shape index (κ3) is 3.01. The van der Waals surface area contributed by atoms with Crippen molar-refractivity contribution in [3.8, 4) is 12.1 Å². The van der Waals surface area contributed by atoms with Gasteiger partial charge >= 0.3 is 0 Å². The number of nitrogens with two attached hydrogens (primary N) is 1. The summed E-state index contributed by atoms with van der Waals surface area (Å²) in [5, 5.41) is 20.2. The smallest absolute Gasteiger partial charge is 0.185 e. The van der Waals surface area contributed by atoms with Gasteiger partial charge in [0, 0.05) is 0 Å². The number of aromatic nitrogens is 1. The summed E-state index contributed by atoms with van der Waals surface area (Å²) < 4.78 is 0.317. The van der Waals surface area contributed by atoms with Crippen LogP contribution in [-0.2, 0) is 6.54 Å². The molecule has 1 rings (SSSR count). The number of halogens is 2. The summed E-state index contributed by atoms with van der Waals surface area (Å²) in [4.78, 5) is 4.47. The van der Waals surface area contributed by atoms with Crippen LogP contribution in [0.15, 0.2) is 11.4 Å². The maximum absolute atomic E-state index is 8.71. The van der Waals surface area contributed by atoms with Crippen LogP contribution < -0.4 is 11.1 Å². The van der Waals surface area contributed by atoms with Gasteiger partial charge in [0.2, 0.25) is 0 Å². The predicted octanol–water partition coefficient (Wildman–Crippen LogP) is 1.76. The molecule has 0 fully saturated rings. The molecule has 0 aromatic carbocycles. The van der Waals surface area contributed by atoms with Crippen molar-refractivity contribution in [1.29, 1.82) is 10.5 Å². The lowest BCUT2D eigenvalue weighted by molar-refractivity contribution is 0.838. The molecule has 0 aliphatic rings. The third-order valence-electron chi connectivity index (χ3n) is 1.55. The molecule has 0 amide bonds. The second-order valence-electron chi connectivity index (χ2n) is 2.55. The first-order valence-electron chi connectivity index (χ1n) is 3.93. The van der Waals surface area contributed by atoms with Crippen LogP contribution in [0.5, 0.6) is 0 Å². The lowest BCUT2D eigenvalue weighted by Crippen LogP contribution is -2.16. The highest BCUT2D eigenvalue weighted by Gasteiger charge is 2.09. The molecular formula is C8H5Cl2N5S. The molecule has 0 radical (unpaired) electrons. The molecule has 8 heteroatoms. The minimum Gasteiger partial charge on any atom is -0.388 e. The lowest BCUT2D eigenvalue weighted by atomic mass is 10.3. The van der Waals surface area contributed by atoms with Gasteiger partial charge in [0.05, 0.1) is 11.4 Å². The number of nitriles is 2.